The summed E-state index contributed by atoms with van der Waals surface area (Å²) in [6.07, 6.45) is -7.53. The summed E-state index contributed by atoms with van der Waals surface area (Å²) in [5.74, 6) is -2.00. The number of hydrogen-bond acceptors (Lipinski definition) is 6. The van der Waals surface area contributed by atoms with Crippen molar-refractivity contribution in [3.05, 3.63) is 53.8 Å². The molecule has 2 N–H and O–H groups in total. The Kier molecular flexibility index (Phi) is 10.4. The normalized spacial score (nSPS) is 19.0. The van der Waals surface area contributed by atoms with E-state index in [9.17, 15) is 40.7 Å². The molecule has 14 heteroatoms. The van der Waals surface area contributed by atoms with Gasteiger partial charge in [0.05, 0.1) is 36.9 Å². The number of nitrogens with zero attached hydrogens (tertiary/aromatic N) is 2. The number of ether oxygens (including phenoxy) is 1. The van der Waals surface area contributed by atoms with Gasteiger partial charge >= 0.3 is 6.18 Å². The smallest absolute Gasteiger partial charge is 0.389 e. The van der Waals surface area contributed by atoms with Gasteiger partial charge in [0.1, 0.15) is 17.7 Å². The minimum absolute atomic E-state index is 0.117. The van der Waals surface area contributed by atoms with Gasteiger partial charge in [0, 0.05) is 37.2 Å². The minimum Gasteiger partial charge on any atom is -0.488 e. The molecule has 1 aliphatic heterocycles. The van der Waals surface area contributed by atoms with E-state index < -0.39 is 58.8 Å². The Morgan fingerprint density at radius 3 is 2.49 bits per heavy atom. The molecule has 3 atom stereocenters. The lowest BCUT2D eigenvalue weighted by Crippen LogP contribution is -2.48. The summed E-state index contributed by atoms with van der Waals surface area (Å²) in [5.41, 5.74) is 0.482. The van der Waals surface area contributed by atoms with Gasteiger partial charge in [0.25, 0.3) is 0 Å². The van der Waals surface area contributed by atoms with Crippen molar-refractivity contribution in [2.45, 2.75) is 56.3 Å². The van der Waals surface area contributed by atoms with Crippen molar-refractivity contribution in [3.63, 3.8) is 0 Å². The Morgan fingerprint density at radius 1 is 1.22 bits per heavy atom. The zero-order valence-electron chi connectivity index (χ0n) is 22.8. The van der Waals surface area contributed by atoms with Crippen molar-refractivity contribution in [1.29, 1.82) is 0 Å². The molecule has 0 spiro atoms. The van der Waals surface area contributed by atoms with E-state index in [1.165, 1.54) is 30.1 Å². The molecule has 0 aromatic heterocycles. The first-order valence-corrected chi connectivity index (χ1v) is 14.3. The standard InChI is InChI=1S/C27H33F4N3O6S/c1-17-14-34(18(2)16-35)26(37)13-19-12-21(32-25(36)10-11-27(29,30)31)6-9-23(19)40-24(17)15-33(3)41(38,39)22-7-4-20(28)5-8-22/h4-9,12,17-18,24,35H,10-11,13-16H2,1-3H3,(H,32,36)/t17-,18-,24+/m0/s1. The molecule has 0 aliphatic carbocycles. The summed E-state index contributed by atoms with van der Waals surface area (Å²) >= 11 is 0. The molecule has 0 unspecified atom stereocenters. The number of benzene rings is 2. The molecule has 9 nitrogen and oxygen atoms in total. The van der Waals surface area contributed by atoms with E-state index in [2.05, 4.69) is 5.32 Å². The molecule has 41 heavy (non-hydrogen) atoms. The lowest BCUT2D eigenvalue weighted by molar-refractivity contribution is -0.142. The van der Waals surface area contributed by atoms with Gasteiger partial charge < -0.3 is 20.1 Å². The van der Waals surface area contributed by atoms with Crippen LogP contribution in [0.3, 0.4) is 0 Å². The second-order valence-electron chi connectivity index (χ2n) is 10.1. The maximum atomic E-state index is 13.4. The second-order valence-corrected chi connectivity index (χ2v) is 12.2. The van der Waals surface area contributed by atoms with E-state index in [4.69, 9.17) is 4.74 Å². The van der Waals surface area contributed by atoms with Crippen molar-refractivity contribution in [3.8, 4) is 5.75 Å². The maximum Gasteiger partial charge on any atom is 0.389 e. The first-order chi connectivity index (χ1) is 19.1. The average molecular weight is 604 g/mol. The van der Waals surface area contributed by atoms with Crippen molar-refractivity contribution in [2.75, 3.05) is 32.1 Å². The number of sulfonamides is 1. The van der Waals surface area contributed by atoms with Crippen LogP contribution in [-0.4, -0.2) is 79.6 Å². The van der Waals surface area contributed by atoms with Crippen LogP contribution in [0, 0.1) is 11.7 Å². The lowest BCUT2D eigenvalue weighted by Gasteiger charge is -2.33. The zero-order chi connectivity index (χ0) is 30.5. The number of alkyl halides is 3. The highest BCUT2D eigenvalue weighted by molar-refractivity contribution is 7.89. The first kappa shape index (κ1) is 32.3. The van der Waals surface area contributed by atoms with Crippen LogP contribution in [-0.2, 0) is 26.0 Å². The Hall–Kier alpha value is -3.23. The van der Waals surface area contributed by atoms with Gasteiger partial charge in [-0.05, 0) is 49.4 Å². The lowest BCUT2D eigenvalue weighted by atomic mass is 10.0. The molecule has 0 radical (unpaired) electrons. The van der Waals surface area contributed by atoms with Gasteiger partial charge in [0.2, 0.25) is 21.8 Å². The fourth-order valence-electron chi connectivity index (χ4n) is 4.34. The van der Waals surface area contributed by atoms with E-state index in [0.29, 0.717) is 5.56 Å². The molecule has 226 valence electrons. The Balaban J connectivity index is 1.92. The van der Waals surface area contributed by atoms with Gasteiger partial charge in [-0.2, -0.15) is 17.5 Å². The van der Waals surface area contributed by atoms with Crippen LogP contribution >= 0.6 is 0 Å². The molecule has 3 rings (SSSR count). The summed E-state index contributed by atoms with van der Waals surface area (Å²) in [6, 6.07) is 8.10. The molecule has 2 aromatic carbocycles. The molecule has 2 aromatic rings. The van der Waals surface area contributed by atoms with E-state index in [1.807, 2.05) is 0 Å². The summed E-state index contributed by atoms with van der Waals surface area (Å²) in [4.78, 5) is 26.7. The Labute approximate surface area is 236 Å². The number of anilines is 1. The third-order valence-corrected chi connectivity index (χ3v) is 8.63. The maximum absolute atomic E-state index is 13.4. The van der Waals surface area contributed by atoms with Gasteiger partial charge in [0.15, 0.2) is 0 Å². The molecule has 0 bridgehead atoms. The molecule has 1 aliphatic rings. The highest BCUT2D eigenvalue weighted by Gasteiger charge is 2.34. The number of aliphatic hydroxyl groups is 1. The number of amides is 2. The fourth-order valence-corrected chi connectivity index (χ4v) is 5.53. The molecule has 0 fully saturated rings. The number of halogens is 4. The van der Waals surface area contributed by atoms with E-state index in [-0.39, 0.29) is 48.4 Å². The van der Waals surface area contributed by atoms with E-state index in [0.717, 1.165) is 28.6 Å². The second kappa shape index (κ2) is 13.2. The van der Waals surface area contributed by atoms with Crippen LogP contribution in [0.15, 0.2) is 47.4 Å². The van der Waals surface area contributed by atoms with Gasteiger partial charge in [-0.25, -0.2) is 12.8 Å². The summed E-state index contributed by atoms with van der Waals surface area (Å²) < 4.78 is 84.5. The van der Waals surface area contributed by atoms with Crippen LogP contribution in [0.25, 0.3) is 0 Å². The number of aliphatic hydroxyl groups excluding tert-OH is 1. The van der Waals surface area contributed by atoms with Crippen LogP contribution in [0.4, 0.5) is 23.2 Å². The van der Waals surface area contributed by atoms with Gasteiger partial charge in [-0.15, -0.1) is 0 Å². The Morgan fingerprint density at radius 2 is 1.88 bits per heavy atom. The van der Waals surface area contributed by atoms with Gasteiger partial charge in [-0.3, -0.25) is 9.59 Å². The van der Waals surface area contributed by atoms with Crippen LogP contribution < -0.4 is 10.1 Å². The van der Waals surface area contributed by atoms with Crippen LogP contribution in [0.1, 0.15) is 32.3 Å². The predicted molar refractivity (Wildman–Crippen MR) is 142 cm³/mol. The summed E-state index contributed by atoms with van der Waals surface area (Å²) in [5, 5.41) is 12.2. The van der Waals surface area contributed by atoms with Gasteiger partial charge in [-0.1, -0.05) is 6.92 Å². The third-order valence-electron chi connectivity index (χ3n) is 6.79. The number of hydrogen-bond donors (Lipinski definition) is 2. The Bertz CT molecular complexity index is 1340. The van der Waals surface area contributed by atoms with Crippen molar-refractivity contribution in [1.82, 2.24) is 9.21 Å². The highest BCUT2D eigenvalue weighted by Crippen LogP contribution is 2.30. The highest BCUT2D eigenvalue weighted by atomic mass is 32.2. The summed E-state index contributed by atoms with van der Waals surface area (Å²) in [7, 11) is -2.68. The topological polar surface area (TPSA) is 116 Å². The number of rotatable bonds is 9. The monoisotopic (exact) mass is 603 g/mol. The molecular weight excluding hydrogens is 570 g/mol. The predicted octanol–water partition coefficient (Wildman–Crippen LogP) is 3.58. The largest absolute Gasteiger partial charge is 0.488 e. The number of carbonyl (C=O) groups excluding carboxylic acids is 2. The molecular formula is C27H33F4N3O6S. The molecule has 0 saturated carbocycles. The number of nitrogens with one attached hydrogen (secondary N) is 1. The fraction of sp³-hybridized carbons (Fsp3) is 0.481. The van der Waals surface area contributed by atoms with Crippen LogP contribution in [0.5, 0.6) is 5.75 Å². The minimum atomic E-state index is -4.49. The third kappa shape index (κ3) is 8.63. The average Bonchev–Trinajstić information content (AvgIpc) is 2.94. The van der Waals surface area contributed by atoms with Crippen molar-refractivity contribution < 1.29 is 45.4 Å². The molecule has 2 amide bonds. The van der Waals surface area contributed by atoms with Crippen molar-refractivity contribution in [2.24, 2.45) is 5.92 Å². The quantitative estimate of drug-likeness (QED) is 0.424. The number of fused-ring (bicyclic) bond motifs is 1. The van der Waals surface area contributed by atoms with Crippen LogP contribution in [0.2, 0.25) is 0 Å². The number of likely N-dealkylation sites (N-methyl/N-ethyl adjacent to an activating group) is 1. The van der Waals surface area contributed by atoms with Crippen molar-refractivity contribution >= 4 is 27.5 Å². The first-order valence-electron chi connectivity index (χ1n) is 12.9. The zero-order valence-corrected chi connectivity index (χ0v) is 23.6. The molecule has 0 saturated heterocycles. The molecule has 1 heterocycles. The van der Waals surface area contributed by atoms with E-state index in [1.54, 1.807) is 13.8 Å². The SMILES string of the molecule is C[C@H]1CN([C@@H](C)CO)C(=O)Cc2cc(NC(=O)CCC(F)(F)F)ccc2O[C@@H]1CN(C)S(=O)(=O)c1ccc(F)cc1. The summed E-state index contributed by atoms with van der Waals surface area (Å²) in [6.45, 7) is 3.08. The van der Waals surface area contributed by atoms with E-state index >= 15 is 0 Å². The number of carbonyl (C=O) groups is 2.